The molecule has 1 aliphatic rings. The molecule has 0 radical (unpaired) electrons. The van der Waals surface area contributed by atoms with E-state index in [0.29, 0.717) is 11.8 Å². The van der Waals surface area contributed by atoms with E-state index in [1.54, 1.807) is 0 Å². The third-order valence-corrected chi connectivity index (χ3v) is 4.89. The monoisotopic (exact) mass is 379 g/mol. The summed E-state index contributed by atoms with van der Waals surface area (Å²) in [6.07, 6.45) is -4.62. The summed E-state index contributed by atoms with van der Waals surface area (Å²) in [5.41, 5.74) is -1.39. The summed E-state index contributed by atoms with van der Waals surface area (Å²) in [7, 11) is -4.16. The summed E-state index contributed by atoms with van der Waals surface area (Å²) >= 11 is 5.79. The minimum Gasteiger partial charge on any atom is -0.454 e. The highest BCUT2D eigenvalue weighted by Crippen LogP contribution is 2.36. The number of hydrogen-bond acceptors (Lipinski definition) is 4. The van der Waals surface area contributed by atoms with Gasteiger partial charge in [0.15, 0.2) is 11.5 Å². The summed E-state index contributed by atoms with van der Waals surface area (Å²) in [4.78, 5) is -0.194. The number of rotatable bonds is 3. The van der Waals surface area contributed by atoms with Crippen molar-refractivity contribution in [1.29, 1.82) is 0 Å². The fourth-order valence-corrected chi connectivity index (χ4v) is 3.33. The van der Waals surface area contributed by atoms with Gasteiger partial charge in [0.25, 0.3) is 10.0 Å². The van der Waals surface area contributed by atoms with E-state index >= 15 is 0 Å². The smallest absolute Gasteiger partial charge is 0.416 e. The Morgan fingerprint density at radius 2 is 1.75 bits per heavy atom. The molecule has 2 aromatic carbocycles. The minimum atomic E-state index is -4.62. The standard InChI is InChI=1S/C14H9ClF3NO4S/c15-10-3-1-8(14(16,17)18)5-11(10)19-24(20,21)9-2-4-12-13(6-9)23-7-22-12/h1-6,19H,7H2. The molecule has 3 rings (SSSR count). The molecule has 0 saturated carbocycles. The number of alkyl halides is 3. The van der Waals surface area contributed by atoms with Crippen LogP contribution in [0.4, 0.5) is 18.9 Å². The van der Waals surface area contributed by atoms with E-state index in [1.165, 1.54) is 18.2 Å². The first kappa shape index (κ1) is 16.7. The molecule has 128 valence electrons. The Hall–Kier alpha value is -2.13. The molecular weight excluding hydrogens is 371 g/mol. The lowest BCUT2D eigenvalue weighted by Crippen LogP contribution is -2.14. The quantitative estimate of drug-likeness (QED) is 0.878. The van der Waals surface area contributed by atoms with Crippen molar-refractivity contribution in [2.24, 2.45) is 0 Å². The molecule has 0 bridgehead atoms. The van der Waals surface area contributed by atoms with Gasteiger partial charge in [0.2, 0.25) is 6.79 Å². The first-order chi connectivity index (χ1) is 11.2. The molecule has 0 fully saturated rings. The van der Waals surface area contributed by atoms with Crippen LogP contribution in [0.3, 0.4) is 0 Å². The molecule has 10 heteroatoms. The molecule has 2 aromatic rings. The van der Waals surface area contributed by atoms with Crippen LogP contribution in [0.5, 0.6) is 11.5 Å². The van der Waals surface area contributed by atoms with E-state index in [-0.39, 0.29) is 28.1 Å². The molecule has 0 spiro atoms. The van der Waals surface area contributed by atoms with Gasteiger partial charge in [-0.1, -0.05) is 11.6 Å². The molecule has 0 unspecified atom stereocenters. The molecule has 24 heavy (non-hydrogen) atoms. The van der Waals surface area contributed by atoms with Gasteiger partial charge < -0.3 is 9.47 Å². The van der Waals surface area contributed by atoms with Gasteiger partial charge in [-0.05, 0) is 30.3 Å². The molecule has 0 amide bonds. The average molecular weight is 380 g/mol. The Kier molecular flexibility index (Phi) is 4.00. The maximum absolute atomic E-state index is 12.8. The summed E-state index contributed by atoms with van der Waals surface area (Å²) in [5, 5.41) is -0.160. The number of sulfonamides is 1. The summed E-state index contributed by atoms with van der Waals surface area (Å²) < 4.78 is 75.2. The topological polar surface area (TPSA) is 64.6 Å². The predicted octanol–water partition coefficient (Wildman–Crippen LogP) is 3.89. The molecule has 1 N–H and O–H groups in total. The van der Waals surface area contributed by atoms with E-state index < -0.39 is 21.8 Å². The number of hydrogen-bond donors (Lipinski definition) is 1. The van der Waals surface area contributed by atoms with Crippen molar-refractivity contribution in [1.82, 2.24) is 0 Å². The zero-order valence-corrected chi connectivity index (χ0v) is 13.3. The Balaban J connectivity index is 1.95. The van der Waals surface area contributed by atoms with Gasteiger partial charge in [0.1, 0.15) is 0 Å². The number of anilines is 1. The van der Waals surface area contributed by atoms with Gasteiger partial charge in [-0.3, -0.25) is 4.72 Å². The van der Waals surface area contributed by atoms with E-state index in [2.05, 4.69) is 4.72 Å². The van der Waals surface area contributed by atoms with Crippen molar-refractivity contribution in [2.45, 2.75) is 11.1 Å². The largest absolute Gasteiger partial charge is 0.454 e. The third-order valence-electron chi connectivity index (χ3n) is 3.19. The van der Waals surface area contributed by atoms with Crippen LogP contribution < -0.4 is 14.2 Å². The summed E-state index contributed by atoms with van der Waals surface area (Å²) in [6.45, 7) is -0.0360. The van der Waals surface area contributed by atoms with Crippen LogP contribution in [-0.4, -0.2) is 15.2 Å². The van der Waals surface area contributed by atoms with E-state index in [4.69, 9.17) is 21.1 Å². The Morgan fingerprint density at radius 3 is 2.46 bits per heavy atom. The zero-order valence-electron chi connectivity index (χ0n) is 11.7. The van der Waals surface area contributed by atoms with Crippen LogP contribution in [-0.2, 0) is 16.2 Å². The van der Waals surface area contributed by atoms with E-state index in [1.807, 2.05) is 0 Å². The van der Waals surface area contributed by atoms with Gasteiger partial charge in [0, 0.05) is 6.07 Å². The van der Waals surface area contributed by atoms with Gasteiger partial charge in [0.05, 0.1) is 21.2 Å². The van der Waals surface area contributed by atoms with E-state index in [9.17, 15) is 21.6 Å². The van der Waals surface area contributed by atoms with Crippen molar-refractivity contribution < 1.29 is 31.1 Å². The van der Waals surface area contributed by atoms with Gasteiger partial charge in [-0.15, -0.1) is 0 Å². The molecule has 0 saturated heterocycles. The lowest BCUT2D eigenvalue weighted by Gasteiger charge is -2.13. The fourth-order valence-electron chi connectivity index (χ4n) is 2.03. The number of nitrogens with one attached hydrogen (secondary N) is 1. The first-order valence-electron chi connectivity index (χ1n) is 6.46. The molecule has 1 heterocycles. The predicted molar refractivity (Wildman–Crippen MR) is 79.8 cm³/mol. The fraction of sp³-hybridized carbons (Fsp3) is 0.143. The lowest BCUT2D eigenvalue weighted by molar-refractivity contribution is -0.137. The van der Waals surface area contributed by atoms with Crippen molar-refractivity contribution in [3.63, 3.8) is 0 Å². The Morgan fingerprint density at radius 1 is 1.04 bits per heavy atom. The number of ether oxygens (including phenoxy) is 2. The molecule has 1 aliphatic heterocycles. The molecule has 5 nitrogen and oxygen atoms in total. The molecular formula is C14H9ClF3NO4S. The molecule has 0 atom stereocenters. The van der Waals surface area contributed by atoms with Crippen LogP contribution >= 0.6 is 11.6 Å². The highest BCUT2D eigenvalue weighted by atomic mass is 35.5. The second-order valence-corrected chi connectivity index (χ2v) is 6.90. The van der Waals surface area contributed by atoms with Crippen molar-refractivity contribution in [3.05, 3.63) is 47.0 Å². The summed E-state index contributed by atoms with van der Waals surface area (Å²) in [6, 6.07) is 6.23. The number of halogens is 4. The number of benzene rings is 2. The maximum Gasteiger partial charge on any atom is 0.416 e. The average Bonchev–Trinajstić information content (AvgIpc) is 2.95. The highest BCUT2D eigenvalue weighted by Gasteiger charge is 2.31. The zero-order chi connectivity index (χ0) is 17.5. The molecule has 0 aliphatic carbocycles. The lowest BCUT2D eigenvalue weighted by atomic mass is 10.2. The third kappa shape index (κ3) is 3.22. The van der Waals surface area contributed by atoms with Crippen molar-refractivity contribution in [2.75, 3.05) is 11.5 Å². The van der Waals surface area contributed by atoms with Crippen molar-refractivity contribution >= 4 is 27.3 Å². The Labute approximate surface area is 140 Å². The number of fused-ring (bicyclic) bond motifs is 1. The van der Waals surface area contributed by atoms with Crippen LogP contribution in [0.1, 0.15) is 5.56 Å². The second-order valence-electron chi connectivity index (χ2n) is 4.81. The van der Waals surface area contributed by atoms with E-state index in [0.717, 1.165) is 12.1 Å². The minimum absolute atomic E-state index is 0.0360. The highest BCUT2D eigenvalue weighted by molar-refractivity contribution is 7.92. The SMILES string of the molecule is O=S(=O)(Nc1cc(C(F)(F)F)ccc1Cl)c1ccc2c(c1)OCO2. The van der Waals surface area contributed by atoms with Crippen LogP contribution in [0.2, 0.25) is 5.02 Å². The van der Waals surface area contributed by atoms with Gasteiger partial charge in [-0.2, -0.15) is 13.2 Å². The van der Waals surface area contributed by atoms with Gasteiger partial charge in [-0.25, -0.2) is 8.42 Å². The van der Waals surface area contributed by atoms with Crippen LogP contribution in [0.15, 0.2) is 41.3 Å². The molecule has 0 aromatic heterocycles. The van der Waals surface area contributed by atoms with Crippen molar-refractivity contribution in [3.8, 4) is 11.5 Å². The van der Waals surface area contributed by atoms with Gasteiger partial charge >= 0.3 is 6.18 Å². The Bertz CT molecular complexity index is 899. The first-order valence-corrected chi connectivity index (χ1v) is 8.32. The maximum atomic E-state index is 12.8. The van der Waals surface area contributed by atoms with Crippen LogP contribution in [0.25, 0.3) is 0 Å². The summed E-state index contributed by atoms with van der Waals surface area (Å²) in [5.74, 6) is 0.610. The second kappa shape index (κ2) is 5.75. The normalized spacial score (nSPS) is 13.8. The van der Waals surface area contributed by atoms with Crippen LogP contribution in [0, 0.1) is 0 Å².